The van der Waals surface area contributed by atoms with E-state index in [4.69, 9.17) is 4.98 Å². The summed E-state index contributed by atoms with van der Waals surface area (Å²) in [7, 11) is 0. The SMILES string of the molecule is Cc1cccc(-c2cc(-c3ccc(C(=O)[O-])cc3)cc(-c3ccccn3)n2)c1. The van der Waals surface area contributed by atoms with Crippen LogP contribution in [0.15, 0.2) is 85.1 Å². The molecule has 0 radical (unpaired) electrons. The van der Waals surface area contributed by atoms with Crippen molar-refractivity contribution in [2.45, 2.75) is 6.92 Å². The zero-order chi connectivity index (χ0) is 19.5. The number of hydrogen-bond donors (Lipinski definition) is 0. The Morgan fingerprint density at radius 1 is 0.750 bits per heavy atom. The van der Waals surface area contributed by atoms with Crippen LogP contribution in [0.25, 0.3) is 33.8 Å². The third-order valence-electron chi connectivity index (χ3n) is 4.52. The Hall–Kier alpha value is -3.79. The molecule has 0 saturated heterocycles. The van der Waals surface area contributed by atoms with Gasteiger partial charge < -0.3 is 9.90 Å². The fourth-order valence-corrected chi connectivity index (χ4v) is 3.09. The van der Waals surface area contributed by atoms with Gasteiger partial charge in [-0.05, 0) is 53.9 Å². The first-order chi connectivity index (χ1) is 13.6. The highest BCUT2D eigenvalue weighted by Crippen LogP contribution is 2.30. The molecule has 0 amide bonds. The topological polar surface area (TPSA) is 65.9 Å². The summed E-state index contributed by atoms with van der Waals surface area (Å²) in [5.41, 5.74) is 6.55. The lowest BCUT2D eigenvalue weighted by Crippen LogP contribution is -2.21. The van der Waals surface area contributed by atoms with Crippen molar-refractivity contribution in [3.05, 3.63) is 96.2 Å². The second-order valence-electron chi connectivity index (χ2n) is 6.58. The van der Waals surface area contributed by atoms with Crippen LogP contribution in [0.2, 0.25) is 0 Å². The molecule has 4 nitrogen and oxygen atoms in total. The monoisotopic (exact) mass is 365 g/mol. The quantitative estimate of drug-likeness (QED) is 0.545. The van der Waals surface area contributed by atoms with Crippen molar-refractivity contribution < 1.29 is 9.90 Å². The summed E-state index contributed by atoms with van der Waals surface area (Å²) in [6, 6.07) is 24.5. The first-order valence-electron chi connectivity index (χ1n) is 8.92. The first kappa shape index (κ1) is 17.6. The lowest BCUT2D eigenvalue weighted by atomic mass is 9.99. The van der Waals surface area contributed by atoms with Crippen molar-refractivity contribution in [1.82, 2.24) is 9.97 Å². The van der Waals surface area contributed by atoms with Crippen molar-refractivity contribution >= 4 is 5.97 Å². The number of rotatable bonds is 4. The number of benzene rings is 2. The molecule has 0 N–H and O–H groups in total. The molecule has 0 bridgehead atoms. The lowest BCUT2D eigenvalue weighted by molar-refractivity contribution is -0.255. The maximum absolute atomic E-state index is 11.0. The van der Waals surface area contributed by atoms with Gasteiger partial charge in [0.25, 0.3) is 0 Å². The molecule has 28 heavy (non-hydrogen) atoms. The second kappa shape index (κ2) is 7.45. The van der Waals surface area contributed by atoms with Crippen LogP contribution < -0.4 is 5.11 Å². The standard InChI is InChI=1S/C24H18N2O2/c1-16-5-4-6-19(13-16)22-14-20(17-8-10-18(11-9-17)24(27)28)15-23(26-22)21-7-2-3-12-25-21/h2-15H,1H3,(H,27,28)/p-1. The molecule has 0 spiro atoms. The molecule has 2 heterocycles. The van der Waals surface area contributed by atoms with Crippen molar-refractivity contribution in [3.63, 3.8) is 0 Å². The summed E-state index contributed by atoms with van der Waals surface area (Å²) in [5.74, 6) is -1.18. The molecule has 4 heteroatoms. The predicted octanol–water partition coefficient (Wildman–Crippen LogP) is 4.15. The Kier molecular flexibility index (Phi) is 4.68. The van der Waals surface area contributed by atoms with Crippen LogP contribution in [-0.4, -0.2) is 15.9 Å². The molecule has 0 aliphatic heterocycles. The van der Waals surface area contributed by atoms with E-state index >= 15 is 0 Å². The van der Waals surface area contributed by atoms with Gasteiger partial charge in [-0.2, -0.15) is 0 Å². The number of hydrogen-bond acceptors (Lipinski definition) is 4. The first-order valence-corrected chi connectivity index (χ1v) is 8.92. The average Bonchev–Trinajstić information content (AvgIpc) is 2.74. The van der Waals surface area contributed by atoms with E-state index in [0.29, 0.717) is 0 Å². The van der Waals surface area contributed by atoms with Gasteiger partial charge in [-0.15, -0.1) is 0 Å². The number of nitrogens with zero attached hydrogens (tertiary/aromatic N) is 2. The summed E-state index contributed by atoms with van der Waals surface area (Å²) >= 11 is 0. The third kappa shape index (κ3) is 3.67. The highest BCUT2D eigenvalue weighted by Gasteiger charge is 2.10. The van der Waals surface area contributed by atoms with Gasteiger partial charge in [0.05, 0.1) is 23.1 Å². The largest absolute Gasteiger partial charge is 0.545 e. The minimum Gasteiger partial charge on any atom is -0.545 e. The van der Waals surface area contributed by atoms with Gasteiger partial charge in [-0.25, -0.2) is 4.98 Å². The van der Waals surface area contributed by atoms with Gasteiger partial charge in [0.15, 0.2) is 0 Å². The molecule has 2 aromatic heterocycles. The van der Waals surface area contributed by atoms with E-state index in [2.05, 4.69) is 11.1 Å². The van der Waals surface area contributed by atoms with Gasteiger partial charge in [0.1, 0.15) is 0 Å². The molecule has 2 aromatic carbocycles. The summed E-state index contributed by atoms with van der Waals surface area (Å²) < 4.78 is 0. The van der Waals surface area contributed by atoms with E-state index in [0.717, 1.165) is 39.3 Å². The minimum absolute atomic E-state index is 0.154. The van der Waals surface area contributed by atoms with Crippen LogP contribution >= 0.6 is 0 Å². The number of pyridine rings is 2. The van der Waals surface area contributed by atoms with Crippen molar-refractivity contribution in [2.24, 2.45) is 0 Å². The number of carbonyl (C=O) groups is 1. The Morgan fingerprint density at radius 2 is 1.54 bits per heavy atom. The van der Waals surface area contributed by atoms with Gasteiger partial charge >= 0.3 is 0 Å². The van der Waals surface area contributed by atoms with Crippen LogP contribution in [0.5, 0.6) is 0 Å². The number of carbonyl (C=O) groups excluding carboxylic acids is 1. The maximum Gasteiger partial charge on any atom is 0.0899 e. The fourth-order valence-electron chi connectivity index (χ4n) is 3.09. The van der Waals surface area contributed by atoms with E-state index in [9.17, 15) is 9.90 Å². The van der Waals surface area contributed by atoms with Crippen molar-refractivity contribution in [3.8, 4) is 33.8 Å². The number of aromatic carboxylic acids is 1. The molecule has 0 unspecified atom stereocenters. The summed E-state index contributed by atoms with van der Waals surface area (Å²) in [4.78, 5) is 20.3. The number of carboxylic acid groups (broad SMARTS) is 1. The average molecular weight is 365 g/mol. The molecule has 4 rings (SSSR count). The van der Waals surface area contributed by atoms with E-state index in [1.807, 2.05) is 55.5 Å². The smallest absolute Gasteiger partial charge is 0.0899 e. The fraction of sp³-hybridized carbons (Fsp3) is 0.0417. The molecule has 0 aliphatic carbocycles. The van der Waals surface area contributed by atoms with Gasteiger partial charge in [0, 0.05) is 11.8 Å². The van der Waals surface area contributed by atoms with Gasteiger partial charge in [-0.1, -0.05) is 54.1 Å². The molecule has 136 valence electrons. The highest BCUT2D eigenvalue weighted by atomic mass is 16.4. The van der Waals surface area contributed by atoms with Gasteiger partial charge in [-0.3, -0.25) is 4.98 Å². The Bertz CT molecular complexity index is 1140. The number of aryl methyl sites for hydroxylation is 1. The summed E-state index contributed by atoms with van der Waals surface area (Å²) in [6.45, 7) is 2.05. The Morgan fingerprint density at radius 3 is 2.21 bits per heavy atom. The lowest BCUT2D eigenvalue weighted by Gasteiger charge is -2.11. The van der Waals surface area contributed by atoms with E-state index in [1.165, 1.54) is 0 Å². The Balaban J connectivity index is 1.88. The van der Waals surface area contributed by atoms with Crippen LogP contribution in [0.3, 0.4) is 0 Å². The van der Waals surface area contributed by atoms with Crippen LogP contribution in [0, 0.1) is 6.92 Å². The summed E-state index contributed by atoms with van der Waals surface area (Å²) in [6.07, 6.45) is 1.74. The third-order valence-corrected chi connectivity index (χ3v) is 4.52. The number of aromatic nitrogens is 2. The number of carboxylic acids is 1. The van der Waals surface area contributed by atoms with E-state index in [1.54, 1.807) is 30.5 Å². The van der Waals surface area contributed by atoms with Crippen molar-refractivity contribution in [1.29, 1.82) is 0 Å². The minimum atomic E-state index is -1.18. The zero-order valence-corrected chi connectivity index (χ0v) is 15.3. The predicted molar refractivity (Wildman–Crippen MR) is 107 cm³/mol. The van der Waals surface area contributed by atoms with Crippen LogP contribution in [-0.2, 0) is 0 Å². The molecule has 0 fully saturated rings. The maximum atomic E-state index is 11.0. The molecule has 0 atom stereocenters. The van der Waals surface area contributed by atoms with E-state index in [-0.39, 0.29) is 5.56 Å². The van der Waals surface area contributed by atoms with E-state index < -0.39 is 5.97 Å². The van der Waals surface area contributed by atoms with Gasteiger partial charge in [0.2, 0.25) is 0 Å². The van der Waals surface area contributed by atoms with Crippen LogP contribution in [0.4, 0.5) is 0 Å². The molecular formula is C24H17N2O2-. The van der Waals surface area contributed by atoms with Crippen LogP contribution in [0.1, 0.15) is 15.9 Å². The van der Waals surface area contributed by atoms with Crippen molar-refractivity contribution in [2.75, 3.05) is 0 Å². The Labute approximate surface area is 163 Å². The molecule has 4 aromatic rings. The highest BCUT2D eigenvalue weighted by molar-refractivity contribution is 5.87. The normalized spacial score (nSPS) is 10.6. The second-order valence-corrected chi connectivity index (χ2v) is 6.58. The zero-order valence-electron chi connectivity index (χ0n) is 15.3. The molecular weight excluding hydrogens is 348 g/mol. The molecule has 0 saturated carbocycles. The molecule has 0 aliphatic rings. The summed E-state index contributed by atoms with van der Waals surface area (Å²) in [5, 5.41) is 11.0.